The Labute approximate surface area is 182 Å². The number of allylic oxidation sites excluding steroid dienone is 1. The number of benzene rings is 2. The van der Waals surface area contributed by atoms with Gasteiger partial charge in [-0.1, -0.05) is 31.2 Å². The Morgan fingerprint density at radius 3 is 2.39 bits per heavy atom. The summed E-state index contributed by atoms with van der Waals surface area (Å²) in [6.45, 7) is 5.88. The van der Waals surface area contributed by atoms with Crippen LogP contribution in [0.4, 0.5) is 11.4 Å². The molecule has 2 aromatic rings. The van der Waals surface area contributed by atoms with Gasteiger partial charge in [0.05, 0.1) is 30.6 Å². The van der Waals surface area contributed by atoms with Crippen LogP contribution >= 0.6 is 0 Å². The normalized spacial score (nSPS) is 22.6. The van der Waals surface area contributed by atoms with Crippen LogP contribution in [0.3, 0.4) is 0 Å². The van der Waals surface area contributed by atoms with Gasteiger partial charge in [0.15, 0.2) is 5.78 Å². The molecule has 1 heterocycles. The van der Waals surface area contributed by atoms with Crippen LogP contribution in [-0.4, -0.2) is 25.0 Å². The molecular formula is C25H28N2O4. The maximum Gasteiger partial charge on any atom is 0.316 e. The van der Waals surface area contributed by atoms with Gasteiger partial charge < -0.3 is 20.1 Å². The van der Waals surface area contributed by atoms with E-state index in [9.17, 15) is 9.59 Å². The van der Waals surface area contributed by atoms with Gasteiger partial charge in [0.25, 0.3) is 0 Å². The monoisotopic (exact) mass is 420 g/mol. The molecule has 2 aromatic carbocycles. The minimum absolute atomic E-state index is 0.0782. The van der Waals surface area contributed by atoms with Crippen LogP contribution in [-0.2, 0) is 14.3 Å². The van der Waals surface area contributed by atoms with Crippen molar-refractivity contribution >= 4 is 23.1 Å². The summed E-state index contributed by atoms with van der Waals surface area (Å²) >= 11 is 0. The smallest absolute Gasteiger partial charge is 0.316 e. The SMILES string of the molecule is COC(=O)C1C(=O)C2=C(CC1C)Nc1ccccc1NC2c1ccc(OC(C)C)cc1. The fourth-order valence-corrected chi connectivity index (χ4v) is 4.39. The topological polar surface area (TPSA) is 76.7 Å². The molecule has 1 aliphatic carbocycles. The Kier molecular flexibility index (Phi) is 5.72. The Bertz CT molecular complexity index is 1030. The average molecular weight is 421 g/mol. The summed E-state index contributed by atoms with van der Waals surface area (Å²) in [4.78, 5) is 26.0. The predicted molar refractivity (Wildman–Crippen MR) is 120 cm³/mol. The first kappa shape index (κ1) is 21.0. The minimum Gasteiger partial charge on any atom is -0.491 e. The van der Waals surface area contributed by atoms with Gasteiger partial charge in [0, 0.05) is 11.3 Å². The second-order valence-corrected chi connectivity index (χ2v) is 8.42. The predicted octanol–water partition coefficient (Wildman–Crippen LogP) is 4.70. The third kappa shape index (κ3) is 4.02. The summed E-state index contributed by atoms with van der Waals surface area (Å²) in [5.74, 6) is -0.860. The van der Waals surface area contributed by atoms with Gasteiger partial charge in [-0.3, -0.25) is 9.59 Å². The molecule has 0 fully saturated rings. The summed E-state index contributed by atoms with van der Waals surface area (Å²) in [7, 11) is 1.33. The average Bonchev–Trinajstić information content (AvgIpc) is 2.90. The molecule has 6 nitrogen and oxygen atoms in total. The third-order valence-corrected chi connectivity index (χ3v) is 5.81. The van der Waals surface area contributed by atoms with E-state index in [1.807, 2.05) is 69.3 Å². The molecule has 162 valence electrons. The zero-order valence-corrected chi connectivity index (χ0v) is 18.3. The van der Waals surface area contributed by atoms with Crippen LogP contribution in [0.2, 0.25) is 0 Å². The number of hydrogen-bond donors (Lipinski definition) is 2. The van der Waals surface area contributed by atoms with E-state index >= 15 is 0 Å². The maximum absolute atomic E-state index is 13.6. The fourth-order valence-electron chi connectivity index (χ4n) is 4.39. The van der Waals surface area contributed by atoms with Crippen LogP contribution < -0.4 is 15.4 Å². The molecule has 4 rings (SSSR count). The number of anilines is 2. The third-order valence-electron chi connectivity index (χ3n) is 5.81. The van der Waals surface area contributed by atoms with Gasteiger partial charge in [-0.05, 0) is 56.0 Å². The number of rotatable bonds is 4. The van der Waals surface area contributed by atoms with Gasteiger partial charge in [0.2, 0.25) is 0 Å². The second-order valence-electron chi connectivity index (χ2n) is 8.42. The van der Waals surface area contributed by atoms with E-state index in [0.29, 0.717) is 12.0 Å². The lowest BCUT2D eigenvalue weighted by Crippen LogP contribution is -2.39. The molecule has 31 heavy (non-hydrogen) atoms. The molecule has 2 aliphatic rings. The number of ketones is 1. The number of para-hydroxylation sites is 2. The maximum atomic E-state index is 13.6. The van der Waals surface area contributed by atoms with Gasteiger partial charge in [-0.15, -0.1) is 0 Å². The van der Waals surface area contributed by atoms with E-state index in [4.69, 9.17) is 9.47 Å². The molecule has 0 saturated carbocycles. The first-order valence-corrected chi connectivity index (χ1v) is 10.6. The highest BCUT2D eigenvalue weighted by molar-refractivity contribution is 6.11. The highest BCUT2D eigenvalue weighted by Crippen LogP contribution is 2.43. The van der Waals surface area contributed by atoms with Crippen molar-refractivity contribution < 1.29 is 19.1 Å². The van der Waals surface area contributed by atoms with Crippen LogP contribution in [0.5, 0.6) is 5.75 Å². The number of carbonyl (C=O) groups excluding carboxylic acids is 2. The Morgan fingerprint density at radius 2 is 1.74 bits per heavy atom. The zero-order chi connectivity index (χ0) is 22.1. The molecule has 0 radical (unpaired) electrons. The van der Waals surface area contributed by atoms with E-state index in [1.54, 1.807) is 0 Å². The highest BCUT2D eigenvalue weighted by atomic mass is 16.5. The summed E-state index contributed by atoms with van der Waals surface area (Å²) in [6.07, 6.45) is 0.663. The van der Waals surface area contributed by atoms with E-state index < -0.39 is 17.9 Å². The van der Waals surface area contributed by atoms with E-state index in [2.05, 4.69) is 10.6 Å². The van der Waals surface area contributed by atoms with E-state index in [0.717, 1.165) is 28.4 Å². The van der Waals surface area contributed by atoms with Gasteiger partial charge in [0.1, 0.15) is 11.7 Å². The largest absolute Gasteiger partial charge is 0.491 e. The van der Waals surface area contributed by atoms with Crippen molar-refractivity contribution in [3.63, 3.8) is 0 Å². The first-order chi connectivity index (χ1) is 14.9. The van der Waals surface area contributed by atoms with E-state index in [1.165, 1.54) is 7.11 Å². The Balaban J connectivity index is 1.80. The van der Waals surface area contributed by atoms with Crippen molar-refractivity contribution in [2.75, 3.05) is 17.7 Å². The summed E-state index contributed by atoms with van der Waals surface area (Å²) in [6, 6.07) is 15.2. The number of esters is 1. The first-order valence-electron chi connectivity index (χ1n) is 10.6. The van der Waals surface area contributed by atoms with Crippen molar-refractivity contribution in [2.24, 2.45) is 11.8 Å². The van der Waals surface area contributed by atoms with Gasteiger partial charge >= 0.3 is 5.97 Å². The van der Waals surface area contributed by atoms with Crippen molar-refractivity contribution in [1.29, 1.82) is 0 Å². The lowest BCUT2D eigenvalue weighted by Gasteiger charge is -2.32. The zero-order valence-electron chi connectivity index (χ0n) is 18.3. The molecule has 0 bridgehead atoms. The van der Waals surface area contributed by atoms with Gasteiger partial charge in [-0.25, -0.2) is 0 Å². The van der Waals surface area contributed by atoms with Crippen LogP contribution in [0.25, 0.3) is 0 Å². The Hall–Kier alpha value is -3.28. The number of Topliss-reactive ketones (excluding diaryl/α,β-unsaturated/α-hetero) is 1. The number of methoxy groups -OCH3 is 1. The van der Waals surface area contributed by atoms with Crippen LogP contribution in [0, 0.1) is 11.8 Å². The lowest BCUT2D eigenvalue weighted by molar-refractivity contribution is -0.151. The highest BCUT2D eigenvalue weighted by Gasteiger charge is 2.44. The lowest BCUT2D eigenvalue weighted by atomic mass is 9.75. The van der Waals surface area contributed by atoms with Crippen molar-refractivity contribution in [3.8, 4) is 5.75 Å². The molecule has 1 aliphatic heterocycles. The number of ether oxygens (including phenoxy) is 2. The number of nitrogens with one attached hydrogen (secondary N) is 2. The molecule has 3 atom stereocenters. The summed E-state index contributed by atoms with van der Waals surface area (Å²) < 4.78 is 10.7. The van der Waals surface area contributed by atoms with Gasteiger partial charge in [-0.2, -0.15) is 0 Å². The second kappa shape index (κ2) is 8.46. The molecule has 3 unspecified atom stereocenters. The minimum atomic E-state index is -0.806. The molecule has 2 N–H and O–H groups in total. The standard InChI is InChI=1S/C25H28N2O4/c1-14(2)31-17-11-9-16(10-12-17)23-22-20(26-18-7-5-6-8-19(18)27-23)13-15(3)21(24(22)28)25(29)30-4/h5-12,14-15,21,23,26-27H,13H2,1-4H3. The Morgan fingerprint density at radius 1 is 1.06 bits per heavy atom. The van der Waals surface area contributed by atoms with Crippen molar-refractivity contribution in [1.82, 2.24) is 0 Å². The molecule has 0 aromatic heterocycles. The quantitative estimate of drug-likeness (QED) is 0.551. The number of fused-ring (bicyclic) bond motifs is 1. The van der Waals surface area contributed by atoms with Crippen molar-refractivity contribution in [2.45, 2.75) is 39.3 Å². The summed E-state index contributed by atoms with van der Waals surface area (Å²) in [5.41, 5.74) is 4.17. The van der Waals surface area contributed by atoms with Crippen molar-refractivity contribution in [3.05, 3.63) is 65.4 Å². The molecule has 0 amide bonds. The molecular weight excluding hydrogens is 392 g/mol. The molecule has 0 spiro atoms. The molecule has 6 heteroatoms. The fraction of sp³-hybridized carbons (Fsp3) is 0.360. The molecule has 0 saturated heterocycles. The van der Waals surface area contributed by atoms with Crippen LogP contribution in [0.1, 0.15) is 38.8 Å². The van der Waals surface area contributed by atoms with Crippen LogP contribution in [0.15, 0.2) is 59.8 Å². The summed E-state index contributed by atoms with van der Waals surface area (Å²) in [5, 5.41) is 6.98. The van der Waals surface area contributed by atoms with E-state index in [-0.39, 0.29) is 17.8 Å². The number of carbonyl (C=O) groups is 2. The number of hydrogen-bond acceptors (Lipinski definition) is 6.